The number of rotatable bonds is 6. The van der Waals surface area contributed by atoms with Crippen LogP contribution in [0.15, 0.2) is 30.5 Å². The molecule has 4 N–H and O–H groups in total. The van der Waals surface area contributed by atoms with E-state index in [4.69, 9.17) is 14.6 Å². The Morgan fingerprint density at radius 3 is 2.81 bits per heavy atom. The van der Waals surface area contributed by atoms with Gasteiger partial charge < -0.3 is 30.3 Å². The zero-order chi connectivity index (χ0) is 23.0. The third kappa shape index (κ3) is 5.37. The maximum absolute atomic E-state index is 13.7. The van der Waals surface area contributed by atoms with Crippen LogP contribution in [-0.4, -0.2) is 71.1 Å². The van der Waals surface area contributed by atoms with Crippen molar-refractivity contribution in [2.45, 2.75) is 18.9 Å². The lowest BCUT2D eigenvalue weighted by molar-refractivity contribution is -0.157. The van der Waals surface area contributed by atoms with E-state index < -0.39 is 23.3 Å². The van der Waals surface area contributed by atoms with Crippen LogP contribution in [0, 0.1) is 11.2 Å². The molecule has 1 saturated heterocycles. The molecule has 1 aliphatic heterocycles. The molecular weight excluding hydrogens is 411 g/mol. The molecule has 2 atom stereocenters. The molecule has 2 heterocycles. The average molecular weight is 436 g/mol. The minimum Gasteiger partial charge on any atom is -0.497 e. The minimum absolute atomic E-state index is 0.00447. The van der Waals surface area contributed by atoms with Gasteiger partial charge in [-0.1, -0.05) is 12.1 Å². The summed E-state index contributed by atoms with van der Waals surface area (Å²) < 4.78 is 18.9. The smallest absolute Gasteiger partial charge is 0.314 e. The van der Waals surface area contributed by atoms with Gasteiger partial charge in [-0.05, 0) is 30.5 Å². The molecule has 0 aliphatic carbocycles. The number of halogens is 1. The van der Waals surface area contributed by atoms with Gasteiger partial charge in [-0.2, -0.15) is 4.98 Å². The minimum atomic E-state index is -1.46. The number of aliphatic hydroxyl groups excluding tert-OH is 1. The number of hydrogen-bond donors (Lipinski definition) is 4. The van der Waals surface area contributed by atoms with Crippen molar-refractivity contribution in [1.29, 1.82) is 0 Å². The number of carboxylic acids is 1. The Hall–Kier alpha value is -3.47. The number of nitrogens with one attached hydrogen (secondary N) is 1. The van der Waals surface area contributed by atoms with Gasteiger partial charge in [0.1, 0.15) is 11.2 Å². The summed E-state index contributed by atoms with van der Waals surface area (Å²) in [6.07, 6.45) is 0.337. The van der Waals surface area contributed by atoms with Gasteiger partial charge in [-0.3, -0.25) is 9.59 Å². The molecule has 0 radical (unpaired) electrons. The summed E-state index contributed by atoms with van der Waals surface area (Å²) in [6, 6.07) is 7.10. The van der Waals surface area contributed by atoms with Crippen LogP contribution in [0.5, 0.6) is 5.75 Å². The number of methoxy groups -OCH3 is 1. The Labute approximate surface area is 178 Å². The highest BCUT2D eigenvalue weighted by atomic mass is 19.1. The van der Waals surface area contributed by atoms with Crippen molar-refractivity contribution < 1.29 is 34.0 Å². The first-order valence-corrected chi connectivity index (χ1v) is 9.38. The number of nitrogens with zero attached hydrogens (tertiary/aromatic N) is 3. The second-order valence-corrected chi connectivity index (χ2v) is 6.94. The second-order valence-electron chi connectivity index (χ2n) is 6.94. The normalized spacial score (nSPS) is 20.3. The van der Waals surface area contributed by atoms with Crippen LogP contribution in [0.3, 0.4) is 0 Å². The third-order valence-electron chi connectivity index (χ3n) is 5.11. The number of anilines is 2. The van der Waals surface area contributed by atoms with Gasteiger partial charge in [0.2, 0.25) is 5.95 Å². The first-order chi connectivity index (χ1) is 14.8. The number of hydrogen-bond acceptors (Lipinski definition) is 8. The quantitative estimate of drug-likeness (QED) is 0.488. The fourth-order valence-electron chi connectivity index (χ4n) is 3.54. The largest absolute Gasteiger partial charge is 0.497 e. The van der Waals surface area contributed by atoms with Gasteiger partial charge in [0, 0.05) is 20.1 Å². The third-order valence-corrected chi connectivity index (χ3v) is 5.11. The summed E-state index contributed by atoms with van der Waals surface area (Å²) in [4.78, 5) is 30.4. The lowest BCUT2D eigenvalue weighted by Crippen LogP contribution is -2.57. The molecule has 0 unspecified atom stereocenters. The Morgan fingerprint density at radius 2 is 2.19 bits per heavy atom. The van der Waals surface area contributed by atoms with Crippen LogP contribution in [0.25, 0.3) is 0 Å². The molecule has 1 aromatic heterocycles. The van der Waals surface area contributed by atoms with Gasteiger partial charge in [0.25, 0.3) is 6.47 Å². The molecule has 10 nitrogen and oxygen atoms in total. The summed E-state index contributed by atoms with van der Waals surface area (Å²) in [5.74, 6) is -0.841. The van der Waals surface area contributed by atoms with E-state index in [2.05, 4.69) is 15.3 Å². The van der Waals surface area contributed by atoms with E-state index in [0.717, 1.165) is 11.8 Å². The molecule has 3 rings (SSSR count). The number of benzene rings is 1. The molecule has 31 heavy (non-hydrogen) atoms. The first-order valence-electron chi connectivity index (χ1n) is 9.38. The summed E-state index contributed by atoms with van der Waals surface area (Å²) in [6.45, 7) is 0.110. The van der Waals surface area contributed by atoms with E-state index >= 15 is 0 Å². The summed E-state index contributed by atoms with van der Waals surface area (Å²) in [7, 11) is 3.08. The van der Waals surface area contributed by atoms with Crippen molar-refractivity contribution in [2.24, 2.45) is 5.41 Å². The van der Waals surface area contributed by atoms with E-state index in [-0.39, 0.29) is 37.6 Å². The van der Waals surface area contributed by atoms with Crippen molar-refractivity contribution in [1.82, 2.24) is 9.97 Å². The van der Waals surface area contributed by atoms with Crippen molar-refractivity contribution in [2.75, 3.05) is 37.5 Å². The van der Waals surface area contributed by atoms with E-state index in [1.54, 1.807) is 36.2 Å². The molecule has 1 aromatic carbocycles. The molecule has 1 aliphatic rings. The highest BCUT2D eigenvalue weighted by Gasteiger charge is 2.50. The Morgan fingerprint density at radius 1 is 1.48 bits per heavy atom. The lowest BCUT2D eigenvalue weighted by Gasteiger charge is -2.43. The van der Waals surface area contributed by atoms with Gasteiger partial charge in [0.05, 0.1) is 19.4 Å². The number of aliphatic carboxylic acids is 1. The highest BCUT2D eigenvalue weighted by molar-refractivity contribution is 5.77. The Bertz CT molecular complexity index is 915. The summed E-state index contributed by atoms with van der Waals surface area (Å²) in [5.41, 5.74) is -0.721. The topological polar surface area (TPSA) is 145 Å². The molecule has 1 fully saturated rings. The monoisotopic (exact) mass is 436 g/mol. The summed E-state index contributed by atoms with van der Waals surface area (Å²) >= 11 is 0. The number of aromatic nitrogens is 2. The lowest BCUT2D eigenvalue weighted by atomic mass is 9.73. The van der Waals surface area contributed by atoms with Crippen LogP contribution in [0.2, 0.25) is 0 Å². The number of carboxylic acid groups (broad SMARTS) is 2. The molecule has 0 spiro atoms. The predicted molar refractivity (Wildman–Crippen MR) is 110 cm³/mol. The van der Waals surface area contributed by atoms with E-state index in [0.29, 0.717) is 12.3 Å². The Kier molecular flexibility index (Phi) is 8.08. The second kappa shape index (κ2) is 10.5. The molecule has 168 valence electrons. The number of piperidine rings is 1. The number of ether oxygens (including phenoxy) is 1. The van der Waals surface area contributed by atoms with Gasteiger partial charge in [-0.15, -0.1) is 0 Å². The molecular formula is C20H25FN4O6. The van der Waals surface area contributed by atoms with Crippen molar-refractivity contribution in [3.8, 4) is 5.75 Å². The standard InChI is InChI=1S/C19H23FN4O4.CH2O2/c1-21-16-14(20)10-22-18(23-16)24-7-6-15(25)19(11-24,17(26)27)9-12-4-3-5-13(8-12)28-2;2-1-3/h3-5,8,10,15,25H,6-7,9,11H2,1-2H3,(H,26,27)(H,21,22,23);1H,(H,2,3)/t15-,19+;/m0./s1. The van der Waals surface area contributed by atoms with E-state index in [1.807, 2.05) is 0 Å². The van der Waals surface area contributed by atoms with E-state index in [9.17, 15) is 19.4 Å². The highest BCUT2D eigenvalue weighted by Crippen LogP contribution is 2.36. The van der Waals surface area contributed by atoms with Crippen molar-refractivity contribution in [3.05, 3.63) is 41.8 Å². The van der Waals surface area contributed by atoms with Gasteiger partial charge in [0.15, 0.2) is 11.6 Å². The van der Waals surface area contributed by atoms with E-state index in [1.165, 1.54) is 7.11 Å². The fraction of sp³-hybridized carbons (Fsp3) is 0.400. The maximum atomic E-state index is 13.7. The van der Waals surface area contributed by atoms with Crippen molar-refractivity contribution in [3.63, 3.8) is 0 Å². The molecule has 0 saturated carbocycles. The molecule has 11 heteroatoms. The predicted octanol–water partition coefficient (Wildman–Crippen LogP) is 1.25. The summed E-state index contributed by atoms with van der Waals surface area (Å²) in [5, 5.41) is 30.2. The average Bonchev–Trinajstić information content (AvgIpc) is 2.76. The van der Waals surface area contributed by atoms with Crippen LogP contribution in [-0.2, 0) is 16.0 Å². The molecule has 0 bridgehead atoms. The van der Waals surface area contributed by atoms with Crippen molar-refractivity contribution >= 4 is 24.2 Å². The Balaban J connectivity index is 0.00000107. The van der Waals surface area contributed by atoms with Gasteiger partial charge in [-0.25, -0.2) is 9.37 Å². The maximum Gasteiger partial charge on any atom is 0.314 e. The first kappa shape index (κ1) is 23.8. The van der Waals surface area contributed by atoms with Crippen LogP contribution < -0.4 is 15.0 Å². The van der Waals surface area contributed by atoms with Crippen LogP contribution in [0.4, 0.5) is 16.2 Å². The zero-order valence-corrected chi connectivity index (χ0v) is 17.2. The number of aliphatic hydroxyl groups is 1. The SMILES string of the molecule is CNc1nc(N2CC[C@H](O)[C@](Cc3cccc(OC)c3)(C(=O)O)C2)ncc1F.O=CO. The molecule has 0 amide bonds. The van der Waals surface area contributed by atoms with Crippen LogP contribution in [0.1, 0.15) is 12.0 Å². The van der Waals surface area contributed by atoms with Gasteiger partial charge >= 0.3 is 5.97 Å². The molecule has 2 aromatic rings. The zero-order valence-electron chi connectivity index (χ0n) is 17.2. The fourth-order valence-corrected chi connectivity index (χ4v) is 3.54. The van der Waals surface area contributed by atoms with Crippen LogP contribution >= 0.6 is 0 Å². The number of carbonyl (C=O) groups is 2.